The number of ether oxygens (including phenoxy) is 2. The maximum absolute atomic E-state index is 11.6. The van der Waals surface area contributed by atoms with Crippen molar-refractivity contribution in [2.24, 2.45) is 0 Å². The fourth-order valence-corrected chi connectivity index (χ4v) is 2.14. The number of aliphatic hydroxyl groups is 2. The molecule has 5 heteroatoms. The second-order valence-electron chi connectivity index (χ2n) is 4.71. The average molecular weight is 302 g/mol. The molecule has 0 saturated carbocycles. The molecule has 0 saturated heterocycles. The van der Waals surface area contributed by atoms with Gasteiger partial charge in [-0.1, -0.05) is 30.3 Å². The van der Waals surface area contributed by atoms with Gasteiger partial charge in [0.25, 0.3) is 0 Å². The molecule has 0 bridgehead atoms. The summed E-state index contributed by atoms with van der Waals surface area (Å²) in [6, 6.07) is 12.6. The van der Waals surface area contributed by atoms with Crippen LogP contribution in [0.3, 0.4) is 0 Å². The molecule has 116 valence electrons. The molecular weight excluding hydrogens is 284 g/mol. The SMILES string of the molecule is COC(=O)c1cc(CO)c(OCc2ccccc2)c(CO)c1. The molecule has 0 unspecified atom stereocenters. The summed E-state index contributed by atoms with van der Waals surface area (Å²) in [5, 5.41) is 19.0. The Morgan fingerprint density at radius 3 is 2.14 bits per heavy atom. The second kappa shape index (κ2) is 7.59. The lowest BCUT2D eigenvalue weighted by molar-refractivity contribution is 0.0600. The Kier molecular flexibility index (Phi) is 5.52. The zero-order chi connectivity index (χ0) is 15.9. The third kappa shape index (κ3) is 3.63. The summed E-state index contributed by atoms with van der Waals surface area (Å²) < 4.78 is 10.4. The first-order chi connectivity index (χ1) is 10.7. The number of hydrogen-bond donors (Lipinski definition) is 2. The van der Waals surface area contributed by atoms with Crippen molar-refractivity contribution < 1.29 is 24.5 Å². The number of methoxy groups -OCH3 is 1. The molecule has 0 fully saturated rings. The van der Waals surface area contributed by atoms with Gasteiger partial charge < -0.3 is 19.7 Å². The normalized spacial score (nSPS) is 10.3. The Labute approximate surface area is 128 Å². The minimum atomic E-state index is -0.529. The zero-order valence-corrected chi connectivity index (χ0v) is 12.3. The van der Waals surface area contributed by atoms with Crippen molar-refractivity contribution in [3.05, 3.63) is 64.7 Å². The Balaban J connectivity index is 2.31. The van der Waals surface area contributed by atoms with Crippen LogP contribution in [0.15, 0.2) is 42.5 Å². The van der Waals surface area contributed by atoms with Crippen molar-refractivity contribution in [3.63, 3.8) is 0 Å². The molecule has 2 N–H and O–H groups in total. The van der Waals surface area contributed by atoms with Crippen LogP contribution in [-0.2, 0) is 24.6 Å². The van der Waals surface area contributed by atoms with E-state index in [1.807, 2.05) is 30.3 Å². The van der Waals surface area contributed by atoms with Crippen LogP contribution in [-0.4, -0.2) is 23.3 Å². The highest BCUT2D eigenvalue weighted by Crippen LogP contribution is 2.28. The third-order valence-electron chi connectivity index (χ3n) is 3.23. The molecule has 5 nitrogen and oxygen atoms in total. The van der Waals surface area contributed by atoms with Crippen molar-refractivity contribution in [1.29, 1.82) is 0 Å². The predicted molar refractivity (Wildman–Crippen MR) is 80.4 cm³/mol. The van der Waals surface area contributed by atoms with Crippen LogP contribution in [0, 0.1) is 0 Å². The maximum atomic E-state index is 11.6. The van der Waals surface area contributed by atoms with Gasteiger partial charge in [0.2, 0.25) is 0 Å². The summed E-state index contributed by atoms with van der Waals surface area (Å²) in [7, 11) is 1.28. The van der Waals surface area contributed by atoms with Gasteiger partial charge in [-0.2, -0.15) is 0 Å². The quantitative estimate of drug-likeness (QED) is 0.799. The monoisotopic (exact) mass is 302 g/mol. The Bertz CT molecular complexity index is 612. The van der Waals surface area contributed by atoms with Crippen molar-refractivity contribution in [2.45, 2.75) is 19.8 Å². The van der Waals surface area contributed by atoms with Gasteiger partial charge in [-0.25, -0.2) is 4.79 Å². The van der Waals surface area contributed by atoms with Crippen LogP contribution < -0.4 is 4.74 Å². The van der Waals surface area contributed by atoms with Crippen LogP contribution in [0.5, 0.6) is 5.75 Å². The second-order valence-corrected chi connectivity index (χ2v) is 4.71. The predicted octanol–water partition coefficient (Wildman–Crippen LogP) is 2.04. The van der Waals surface area contributed by atoms with E-state index in [4.69, 9.17) is 4.74 Å². The van der Waals surface area contributed by atoms with E-state index >= 15 is 0 Å². The number of carbonyl (C=O) groups is 1. The molecule has 2 aromatic carbocycles. The molecule has 0 aliphatic rings. The van der Waals surface area contributed by atoms with Gasteiger partial charge in [0, 0.05) is 11.1 Å². The van der Waals surface area contributed by atoms with E-state index < -0.39 is 5.97 Å². The van der Waals surface area contributed by atoms with E-state index in [9.17, 15) is 15.0 Å². The lowest BCUT2D eigenvalue weighted by atomic mass is 10.0. The minimum absolute atomic E-state index is 0.266. The number of esters is 1. The van der Waals surface area contributed by atoms with Crippen LogP contribution >= 0.6 is 0 Å². The molecular formula is C17H18O5. The Morgan fingerprint density at radius 1 is 1.05 bits per heavy atom. The van der Waals surface area contributed by atoms with Crippen molar-refractivity contribution in [1.82, 2.24) is 0 Å². The van der Waals surface area contributed by atoms with E-state index in [1.165, 1.54) is 19.2 Å². The Hall–Kier alpha value is -2.37. The largest absolute Gasteiger partial charge is 0.488 e. The lowest BCUT2D eigenvalue weighted by Crippen LogP contribution is -2.08. The highest BCUT2D eigenvalue weighted by molar-refractivity contribution is 5.90. The fraction of sp³-hybridized carbons (Fsp3) is 0.235. The van der Waals surface area contributed by atoms with E-state index in [-0.39, 0.29) is 18.8 Å². The first kappa shape index (κ1) is 16.0. The van der Waals surface area contributed by atoms with Crippen LogP contribution in [0.1, 0.15) is 27.0 Å². The molecule has 0 atom stereocenters. The van der Waals surface area contributed by atoms with Crippen molar-refractivity contribution >= 4 is 5.97 Å². The number of benzene rings is 2. The zero-order valence-electron chi connectivity index (χ0n) is 12.3. The summed E-state index contributed by atoms with van der Waals surface area (Å²) in [5.74, 6) is -0.138. The first-order valence-corrected chi connectivity index (χ1v) is 6.82. The summed E-state index contributed by atoms with van der Waals surface area (Å²) in [4.78, 5) is 11.6. The molecule has 0 radical (unpaired) electrons. The highest BCUT2D eigenvalue weighted by Gasteiger charge is 2.16. The Morgan fingerprint density at radius 2 is 1.64 bits per heavy atom. The van der Waals surface area contributed by atoms with Gasteiger partial charge in [-0.05, 0) is 17.7 Å². The first-order valence-electron chi connectivity index (χ1n) is 6.82. The number of rotatable bonds is 6. The summed E-state index contributed by atoms with van der Waals surface area (Å²) >= 11 is 0. The minimum Gasteiger partial charge on any atom is -0.488 e. The number of aliphatic hydroxyl groups excluding tert-OH is 2. The average Bonchev–Trinajstić information content (AvgIpc) is 2.59. The van der Waals surface area contributed by atoms with Crippen molar-refractivity contribution in [3.8, 4) is 5.75 Å². The molecule has 0 spiro atoms. The van der Waals surface area contributed by atoms with Gasteiger partial charge in [0.05, 0.1) is 25.9 Å². The highest BCUT2D eigenvalue weighted by atomic mass is 16.5. The lowest BCUT2D eigenvalue weighted by Gasteiger charge is -2.15. The van der Waals surface area contributed by atoms with Gasteiger partial charge in [-0.15, -0.1) is 0 Å². The molecule has 2 rings (SSSR count). The smallest absolute Gasteiger partial charge is 0.337 e. The topological polar surface area (TPSA) is 76.0 Å². The van der Waals surface area contributed by atoms with E-state index in [1.54, 1.807) is 0 Å². The van der Waals surface area contributed by atoms with Crippen LogP contribution in [0.4, 0.5) is 0 Å². The molecule has 0 aromatic heterocycles. The van der Waals surface area contributed by atoms with E-state index in [0.29, 0.717) is 23.5 Å². The van der Waals surface area contributed by atoms with Crippen molar-refractivity contribution in [2.75, 3.05) is 7.11 Å². The van der Waals surface area contributed by atoms with Gasteiger partial charge in [-0.3, -0.25) is 0 Å². The summed E-state index contributed by atoms with van der Waals surface area (Å²) in [6.07, 6.45) is 0. The van der Waals surface area contributed by atoms with Gasteiger partial charge >= 0.3 is 5.97 Å². The maximum Gasteiger partial charge on any atom is 0.337 e. The summed E-state index contributed by atoms with van der Waals surface area (Å²) in [6.45, 7) is -0.303. The molecule has 0 amide bonds. The molecule has 22 heavy (non-hydrogen) atoms. The van der Waals surface area contributed by atoms with Gasteiger partial charge in [0.1, 0.15) is 12.4 Å². The van der Waals surface area contributed by atoms with E-state index in [0.717, 1.165) is 5.56 Å². The third-order valence-corrected chi connectivity index (χ3v) is 3.23. The molecule has 0 aliphatic carbocycles. The van der Waals surface area contributed by atoms with E-state index in [2.05, 4.69) is 4.74 Å². The number of hydrogen-bond acceptors (Lipinski definition) is 5. The molecule has 0 heterocycles. The fourth-order valence-electron chi connectivity index (χ4n) is 2.14. The van der Waals surface area contributed by atoms with Gasteiger partial charge in [0.15, 0.2) is 0 Å². The van der Waals surface area contributed by atoms with Crippen LogP contribution in [0.25, 0.3) is 0 Å². The summed E-state index contributed by atoms with van der Waals surface area (Å²) in [5.41, 5.74) is 2.10. The molecule has 2 aromatic rings. The molecule has 0 aliphatic heterocycles. The van der Waals surface area contributed by atoms with Crippen LogP contribution in [0.2, 0.25) is 0 Å². The number of carbonyl (C=O) groups excluding carboxylic acids is 1. The standard InChI is InChI=1S/C17H18O5/c1-21-17(20)13-7-14(9-18)16(15(8-13)10-19)22-11-12-5-3-2-4-6-12/h2-8,18-19H,9-11H2,1H3.